The average Bonchev–Trinajstić information content (AvgIpc) is 3.50. The Morgan fingerprint density at radius 3 is 2.79 bits per heavy atom. The molecule has 0 aliphatic carbocycles. The fourth-order valence-corrected chi connectivity index (χ4v) is 4.10. The molecule has 0 radical (unpaired) electrons. The monoisotopic (exact) mass is 439 g/mol. The maximum absolute atomic E-state index is 12.9. The average molecular weight is 440 g/mol. The molecule has 33 heavy (non-hydrogen) atoms. The zero-order chi connectivity index (χ0) is 22.8. The molecule has 3 aromatic heterocycles. The van der Waals surface area contributed by atoms with Crippen molar-refractivity contribution in [3.63, 3.8) is 0 Å². The number of benzene rings is 2. The van der Waals surface area contributed by atoms with Crippen molar-refractivity contribution in [2.24, 2.45) is 5.73 Å². The van der Waals surface area contributed by atoms with Gasteiger partial charge in [0, 0.05) is 36.9 Å². The summed E-state index contributed by atoms with van der Waals surface area (Å²) in [6.45, 7) is 2.43. The molecule has 0 amide bonds. The number of imidazole rings is 2. The number of H-pyrrole nitrogens is 2. The third-order valence-corrected chi connectivity index (χ3v) is 5.73. The Morgan fingerprint density at radius 2 is 2.03 bits per heavy atom. The number of hydrogen-bond donors (Lipinski definition) is 4. The van der Waals surface area contributed by atoms with E-state index in [2.05, 4.69) is 32.4 Å². The predicted molar refractivity (Wildman–Crippen MR) is 131 cm³/mol. The van der Waals surface area contributed by atoms with E-state index in [9.17, 15) is 4.79 Å². The number of fused-ring (bicyclic) bond motifs is 1. The lowest BCUT2D eigenvalue weighted by Gasteiger charge is -2.19. The van der Waals surface area contributed by atoms with Gasteiger partial charge in [0.25, 0.3) is 5.56 Å². The van der Waals surface area contributed by atoms with Crippen molar-refractivity contribution in [2.45, 2.75) is 19.4 Å². The van der Waals surface area contributed by atoms with E-state index < -0.39 is 0 Å². The molecule has 8 nitrogen and oxygen atoms in total. The Labute approximate surface area is 190 Å². The van der Waals surface area contributed by atoms with Crippen LogP contribution in [-0.2, 0) is 6.42 Å². The number of nitrogens with zero attached hydrogens (tertiary/aromatic N) is 3. The number of nitrogens with one attached hydrogen (secondary N) is 3. The second-order valence-corrected chi connectivity index (χ2v) is 8.08. The van der Waals surface area contributed by atoms with E-state index in [0.29, 0.717) is 23.6 Å². The number of anilines is 1. The maximum atomic E-state index is 12.9. The Morgan fingerprint density at radius 1 is 1.18 bits per heavy atom. The van der Waals surface area contributed by atoms with Crippen molar-refractivity contribution in [1.82, 2.24) is 24.5 Å². The van der Waals surface area contributed by atoms with Gasteiger partial charge in [-0.15, -0.1) is 0 Å². The van der Waals surface area contributed by atoms with Gasteiger partial charge in [0.1, 0.15) is 11.4 Å². The summed E-state index contributed by atoms with van der Waals surface area (Å²) in [5.74, 6) is 0.510. The largest absolute Gasteiger partial charge is 0.380 e. The molecule has 5 N–H and O–H groups in total. The topological polar surface area (TPSA) is 117 Å². The molecule has 5 rings (SSSR count). The van der Waals surface area contributed by atoms with E-state index in [0.717, 1.165) is 28.7 Å². The molecule has 5 aromatic rings. The Hall–Kier alpha value is -4.17. The standard InChI is InChI=1S/C25H25N7O/c1-16-11-19(32-10-9-27-15-32)13-21-23(16)31-24(30-21)22-20(7-8-28-25(22)33)29-18(14-26)12-17-5-3-2-4-6-17/h2-11,13,15,18H,12,14,26H2,1H3,(H,30,31)(H2,28,29,33). The number of nitrogens with two attached hydrogens (primary N) is 1. The van der Waals surface area contributed by atoms with E-state index in [1.807, 2.05) is 54.1 Å². The minimum atomic E-state index is -0.220. The summed E-state index contributed by atoms with van der Waals surface area (Å²) < 4.78 is 1.94. The van der Waals surface area contributed by atoms with Gasteiger partial charge < -0.3 is 25.6 Å². The first-order valence-corrected chi connectivity index (χ1v) is 10.8. The highest BCUT2D eigenvalue weighted by atomic mass is 16.1. The molecule has 0 saturated heterocycles. The van der Waals surface area contributed by atoms with Crippen LogP contribution in [0.1, 0.15) is 11.1 Å². The number of pyridine rings is 1. The summed E-state index contributed by atoms with van der Waals surface area (Å²) in [6.07, 6.45) is 7.76. The highest BCUT2D eigenvalue weighted by Gasteiger charge is 2.18. The first-order valence-electron chi connectivity index (χ1n) is 10.8. The van der Waals surface area contributed by atoms with Crippen LogP contribution in [0.25, 0.3) is 28.1 Å². The molecule has 0 fully saturated rings. The molecule has 8 heteroatoms. The van der Waals surface area contributed by atoms with Crippen molar-refractivity contribution >= 4 is 16.7 Å². The van der Waals surface area contributed by atoms with E-state index in [1.165, 1.54) is 5.56 Å². The van der Waals surface area contributed by atoms with Crippen molar-refractivity contribution < 1.29 is 0 Å². The van der Waals surface area contributed by atoms with Gasteiger partial charge in [0.05, 0.1) is 23.0 Å². The highest BCUT2D eigenvalue weighted by molar-refractivity contribution is 5.86. The predicted octanol–water partition coefficient (Wildman–Crippen LogP) is 3.39. The fourth-order valence-electron chi connectivity index (χ4n) is 4.10. The SMILES string of the molecule is Cc1cc(-n2ccnc2)cc2[nH]c(-c3c(NC(CN)Cc4ccccc4)cc[nH]c3=O)nc12. The van der Waals surface area contributed by atoms with Gasteiger partial charge in [-0.3, -0.25) is 4.79 Å². The van der Waals surface area contributed by atoms with Crippen molar-refractivity contribution in [2.75, 3.05) is 11.9 Å². The molecule has 3 heterocycles. The van der Waals surface area contributed by atoms with Crippen LogP contribution in [0, 0.1) is 6.92 Å². The number of aromatic amines is 2. The van der Waals surface area contributed by atoms with Crippen LogP contribution in [0.3, 0.4) is 0 Å². The lowest BCUT2D eigenvalue weighted by atomic mass is 10.1. The Kier molecular flexibility index (Phi) is 5.50. The smallest absolute Gasteiger partial charge is 0.261 e. The number of rotatable bonds is 7. The van der Waals surface area contributed by atoms with Crippen LogP contribution in [-0.4, -0.2) is 37.1 Å². The first-order chi connectivity index (χ1) is 16.1. The lowest BCUT2D eigenvalue weighted by molar-refractivity contribution is 0.724. The summed E-state index contributed by atoms with van der Waals surface area (Å²) in [6, 6.07) is 16.0. The summed E-state index contributed by atoms with van der Waals surface area (Å²) in [7, 11) is 0. The molecule has 0 saturated carbocycles. The molecular weight excluding hydrogens is 414 g/mol. The van der Waals surface area contributed by atoms with E-state index in [1.54, 1.807) is 18.7 Å². The summed E-state index contributed by atoms with van der Waals surface area (Å²) in [4.78, 5) is 27.9. The second kappa shape index (κ2) is 8.76. The number of hydrogen-bond acceptors (Lipinski definition) is 5. The van der Waals surface area contributed by atoms with Gasteiger partial charge in [-0.25, -0.2) is 9.97 Å². The van der Waals surface area contributed by atoms with Crippen molar-refractivity contribution in [3.05, 3.63) is 94.9 Å². The first kappa shape index (κ1) is 20.7. The van der Waals surface area contributed by atoms with Crippen LogP contribution >= 0.6 is 0 Å². The molecule has 1 atom stereocenters. The van der Waals surface area contributed by atoms with E-state index >= 15 is 0 Å². The molecule has 0 aliphatic heterocycles. The molecular formula is C25H25N7O. The third-order valence-electron chi connectivity index (χ3n) is 5.73. The van der Waals surface area contributed by atoms with Crippen LogP contribution in [0.5, 0.6) is 0 Å². The lowest BCUT2D eigenvalue weighted by Crippen LogP contribution is -2.32. The van der Waals surface area contributed by atoms with Crippen molar-refractivity contribution in [3.8, 4) is 17.1 Å². The fraction of sp³-hybridized carbons (Fsp3) is 0.160. The number of aromatic nitrogens is 5. The molecule has 0 aliphatic rings. The van der Waals surface area contributed by atoms with E-state index in [-0.39, 0.29) is 11.6 Å². The quantitative estimate of drug-likeness (QED) is 0.310. The van der Waals surface area contributed by atoms with Crippen LogP contribution in [0.4, 0.5) is 5.69 Å². The van der Waals surface area contributed by atoms with Gasteiger partial charge in [0.15, 0.2) is 0 Å². The summed E-state index contributed by atoms with van der Waals surface area (Å²) >= 11 is 0. The van der Waals surface area contributed by atoms with Crippen LogP contribution < -0.4 is 16.6 Å². The zero-order valence-electron chi connectivity index (χ0n) is 18.2. The maximum Gasteiger partial charge on any atom is 0.261 e. The Balaban J connectivity index is 1.53. The summed E-state index contributed by atoms with van der Waals surface area (Å²) in [5, 5.41) is 3.46. The minimum Gasteiger partial charge on any atom is -0.380 e. The van der Waals surface area contributed by atoms with Gasteiger partial charge >= 0.3 is 0 Å². The Bertz CT molecular complexity index is 1440. The van der Waals surface area contributed by atoms with E-state index in [4.69, 9.17) is 10.7 Å². The van der Waals surface area contributed by atoms with Crippen molar-refractivity contribution in [1.29, 1.82) is 0 Å². The molecule has 0 bridgehead atoms. The van der Waals surface area contributed by atoms with Crippen LogP contribution in [0.2, 0.25) is 0 Å². The molecule has 166 valence electrons. The molecule has 0 spiro atoms. The second-order valence-electron chi connectivity index (χ2n) is 8.08. The molecule has 2 aromatic carbocycles. The van der Waals surface area contributed by atoms with Crippen LogP contribution in [0.15, 0.2) is 78.2 Å². The van der Waals surface area contributed by atoms with Gasteiger partial charge in [-0.1, -0.05) is 30.3 Å². The van der Waals surface area contributed by atoms with Gasteiger partial charge in [-0.05, 0) is 42.7 Å². The van der Waals surface area contributed by atoms with Gasteiger partial charge in [-0.2, -0.15) is 0 Å². The summed E-state index contributed by atoms with van der Waals surface area (Å²) in [5.41, 5.74) is 11.8. The minimum absolute atomic E-state index is 0.0353. The third kappa shape index (κ3) is 4.16. The van der Waals surface area contributed by atoms with Gasteiger partial charge in [0.2, 0.25) is 0 Å². The zero-order valence-corrected chi connectivity index (χ0v) is 18.2. The normalized spacial score (nSPS) is 12.2. The molecule has 1 unspecified atom stereocenters. The number of aryl methyl sites for hydroxylation is 1. The highest BCUT2D eigenvalue weighted by Crippen LogP contribution is 2.28.